The van der Waals surface area contributed by atoms with E-state index in [2.05, 4.69) is 5.32 Å². The Bertz CT molecular complexity index is 551. The highest BCUT2D eigenvalue weighted by Gasteiger charge is 2.51. The third kappa shape index (κ3) is 3.30. The Labute approximate surface area is 129 Å². The first kappa shape index (κ1) is 15.0. The lowest BCUT2D eigenvalue weighted by molar-refractivity contribution is -0.182. The minimum Gasteiger partial charge on any atom is -0.481 e. The van der Waals surface area contributed by atoms with Gasteiger partial charge in [0, 0.05) is 12.6 Å². The molecule has 1 spiro atoms. The van der Waals surface area contributed by atoms with Gasteiger partial charge in [-0.1, -0.05) is 30.3 Å². The summed E-state index contributed by atoms with van der Waals surface area (Å²) in [5.41, 5.74) is 0.669. The number of hydrogen-bond acceptors (Lipinski definition) is 3. The van der Waals surface area contributed by atoms with Gasteiger partial charge in [0.2, 0.25) is 5.91 Å². The summed E-state index contributed by atoms with van der Waals surface area (Å²) in [6.07, 6.45) is 3.01. The van der Waals surface area contributed by atoms with Crippen molar-refractivity contribution in [1.29, 1.82) is 0 Å². The monoisotopic (exact) mass is 303 g/mol. The Morgan fingerprint density at radius 3 is 2.64 bits per heavy atom. The van der Waals surface area contributed by atoms with Gasteiger partial charge in [-0.25, -0.2) is 0 Å². The molecule has 1 saturated heterocycles. The maximum atomic E-state index is 12.1. The zero-order valence-corrected chi connectivity index (χ0v) is 12.5. The first-order valence-electron chi connectivity index (χ1n) is 7.76. The van der Waals surface area contributed by atoms with Crippen LogP contribution in [0.4, 0.5) is 0 Å². The van der Waals surface area contributed by atoms with Crippen LogP contribution in [0.2, 0.25) is 0 Å². The number of amides is 1. The molecule has 1 aliphatic carbocycles. The van der Waals surface area contributed by atoms with Gasteiger partial charge in [0.05, 0.1) is 17.9 Å². The van der Waals surface area contributed by atoms with Gasteiger partial charge in [-0.2, -0.15) is 0 Å². The van der Waals surface area contributed by atoms with Gasteiger partial charge in [-0.3, -0.25) is 9.59 Å². The number of carbonyl (C=O) groups excluding carboxylic acids is 1. The van der Waals surface area contributed by atoms with Crippen LogP contribution >= 0.6 is 0 Å². The van der Waals surface area contributed by atoms with E-state index in [1.807, 2.05) is 30.3 Å². The fourth-order valence-electron chi connectivity index (χ4n) is 3.51. The Kier molecular flexibility index (Phi) is 4.16. The standard InChI is InChI=1S/C17H21NO4/c19-15(8-12-4-2-1-3-5-12)18-14-6-7-22-17(11-14)9-13(10-17)16(20)21/h1-5,13-14H,6-11H2,(H,18,19)(H,20,21). The molecule has 1 amide bonds. The van der Waals surface area contributed by atoms with Crippen LogP contribution in [0.1, 0.15) is 31.2 Å². The van der Waals surface area contributed by atoms with E-state index >= 15 is 0 Å². The summed E-state index contributed by atoms with van der Waals surface area (Å²) >= 11 is 0. The minimum absolute atomic E-state index is 0.0161. The third-order valence-corrected chi connectivity index (χ3v) is 4.65. The number of carbonyl (C=O) groups is 2. The number of ether oxygens (including phenoxy) is 1. The van der Waals surface area contributed by atoms with Gasteiger partial charge in [-0.15, -0.1) is 0 Å². The molecular formula is C17H21NO4. The Balaban J connectivity index is 1.51. The quantitative estimate of drug-likeness (QED) is 0.888. The second-order valence-electron chi connectivity index (χ2n) is 6.39. The molecule has 1 aromatic rings. The highest BCUT2D eigenvalue weighted by Crippen LogP contribution is 2.46. The second kappa shape index (κ2) is 6.08. The average molecular weight is 303 g/mol. The van der Waals surface area contributed by atoms with Gasteiger partial charge < -0.3 is 15.2 Å². The molecule has 5 heteroatoms. The van der Waals surface area contributed by atoms with Crippen molar-refractivity contribution in [2.75, 3.05) is 6.61 Å². The Morgan fingerprint density at radius 1 is 1.23 bits per heavy atom. The molecule has 1 saturated carbocycles. The lowest BCUT2D eigenvalue weighted by Crippen LogP contribution is -2.56. The van der Waals surface area contributed by atoms with Crippen molar-refractivity contribution < 1.29 is 19.4 Å². The van der Waals surface area contributed by atoms with Crippen LogP contribution in [0.5, 0.6) is 0 Å². The molecule has 0 aromatic heterocycles. The molecular weight excluding hydrogens is 282 g/mol. The van der Waals surface area contributed by atoms with Crippen LogP contribution < -0.4 is 5.32 Å². The first-order chi connectivity index (χ1) is 10.6. The molecule has 2 fully saturated rings. The molecule has 1 aromatic carbocycles. The van der Waals surface area contributed by atoms with E-state index in [1.54, 1.807) is 0 Å². The molecule has 118 valence electrons. The predicted molar refractivity (Wildman–Crippen MR) is 80.4 cm³/mol. The highest BCUT2D eigenvalue weighted by atomic mass is 16.5. The van der Waals surface area contributed by atoms with Crippen molar-refractivity contribution in [2.24, 2.45) is 5.92 Å². The van der Waals surface area contributed by atoms with E-state index in [0.717, 1.165) is 18.4 Å². The zero-order chi connectivity index (χ0) is 15.6. The van der Waals surface area contributed by atoms with Crippen LogP contribution in [0.25, 0.3) is 0 Å². The molecule has 22 heavy (non-hydrogen) atoms. The van der Waals surface area contributed by atoms with Crippen LogP contribution in [0.15, 0.2) is 30.3 Å². The van der Waals surface area contributed by atoms with Crippen molar-refractivity contribution in [3.05, 3.63) is 35.9 Å². The Hall–Kier alpha value is -1.88. The topological polar surface area (TPSA) is 75.6 Å². The van der Waals surface area contributed by atoms with Crippen LogP contribution in [-0.2, 0) is 20.7 Å². The Morgan fingerprint density at radius 2 is 1.95 bits per heavy atom. The van der Waals surface area contributed by atoms with Crippen molar-refractivity contribution in [3.63, 3.8) is 0 Å². The molecule has 1 atom stereocenters. The van der Waals surface area contributed by atoms with E-state index in [-0.39, 0.29) is 23.5 Å². The number of nitrogens with one attached hydrogen (secondary N) is 1. The van der Waals surface area contributed by atoms with E-state index < -0.39 is 5.97 Å². The smallest absolute Gasteiger partial charge is 0.306 e. The molecule has 1 unspecified atom stereocenters. The lowest BCUT2D eigenvalue weighted by Gasteiger charge is -2.50. The number of carboxylic acids is 1. The number of hydrogen-bond donors (Lipinski definition) is 2. The van der Waals surface area contributed by atoms with Crippen molar-refractivity contribution in [2.45, 2.75) is 43.7 Å². The fourth-order valence-corrected chi connectivity index (χ4v) is 3.51. The fraction of sp³-hybridized carbons (Fsp3) is 0.529. The van der Waals surface area contributed by atoms with Gasteiger partial charge in [0.15, 0.2) is 0 Å². The van der Waals surface area contributed by atoms with E-state index in [1.165, 1.54) is 0 Å². The molecule has 2 aliphatic rings. The van der Waals surface area contributed by atoms with Crippen molar-refractivity contribution in [1.82, 2.24) is 5.32 Å². The average Bonchev–Trinajstić information content (AvgIpc) is 2.45. The summed E-state index contributed by atoms with van der Waals surface area (Å²) in [6.45, 7) is 0.586. The normalized spacial score (nSPS) is 30.5. The lowest BCUT2D eigenvalue weighted by atomic mass is 9.66. The van der Waals surface area contributed by atoms with Gasteiger partial charge >= 0.3 is 5.97 Å². The molecule has 5 nitrogen and oxygen atoms in total. The molecule has 0 bridgehead atoms. The number of aliphatic carboxylic acids is 1. The maximum Gasteiger partial charge on any atom is 0.306 e. The van der Waals surface area contributed by atoms with Crippen molar-refractivity contribution >= 4 is 11.9 Å². The van der Waals surface area contributed by atoms with Crippen LogP contribution in [0.3, 0.4) is 0 Å². The summed E-state index contributed by atoms with van der Waals surface area (Å²) in [7, 11) is 0. The highest BCUT2D eigenvalue weighted by molar-refractivity contribution is 5.78. The summed E-state index contributed by atoms with van der Waals surface area (Å²) < 4.78 is 5.80. The van der Waals surface area contributed by atoms with Gasteiger partial charge in [-0.05, 0) is 31.2 Å². The number of carboxylic acid groups (broad SMARTS) is 1. The number of benzene rings is 1. The molecule has 3 rings (SSSR count). The van der Waals surface area contributed by atoms with E-state index in [9.17, 15) is 9.59 Å². The predicted octanol–water partition coefficient (Wildman–Crippen LogP) is 1.76. The van der Waals surface area contributed by atoms with Crippen LogP contribution in [-0.4, -0.2) is 35.2 Å². The first-order valence-corrected chi connectivity index (χ1v) is 7.76. The third-order valence-electron chi connectivity index (χ3n) is 4.65. The second-order valence-corrected chi connectivity index (χ2v) is 6.39. The summed E-state index contributed by atoms with van der Waals surface area (Å²) in [6, 6.07) is 9.74. The van der Waals surface area contributed by atoms with Crippen molar-refractivity contribution in [3.8, 4) is 0 Å². The zero-order valence-electron chi connectivity index (χ0n) is 12.5. The molecule has 1 heterocycles. The SMILES string of the molecule is O=C(Cc1ccccc1)NC1CCOC2(C1)CC(C(=O)O)C2. The van der Waals surface area contributed by atoms with Crippen LogP contribution in [0, 0.1) is 5.92 Å². The largest absolute Gasteiger partial charge is 0.481 e. The van der Waals surface area contributed by atoms with E-state index in [4.69, 9.17) is 9.84 Å². The summed E-state index contributed by atoms with van der Waals surface area (Å²) in [4.78, 5) is 23.1. The molecule has 0 radical (unpaired) electrons. The minimum atomic E-state index is -0.746. The molecule has 1 aliphatic heterocycles. The summed E-state index contributed by atoms with van der Waals surface area (Å²) in [5, 5.41) is 12.1. The summed E-state index contributed by atoms with van der Waals surface area (Å²) in [5.74, 6) is -1.02. The molecule has 2 N–H and O–H groups in total. The van der Waals surface area contributed by atoms with E-state index in [0.29, 0.717) is 25.9 Å². The maximum absolute atomic E-state index is 12.1. The van der Waals surface area contributed by atoms with Gasteiger partial charge in [0.25, 0.3) is 0 Å². The van der Waals surface area contributed by atoms with Gasteiger partial charge in [0.1, 0.15) is 0 Å². The number of rotatable bonds is 4.